The molecule has 2 aliphatic heterocycles. The standard InChI is InChI=1S/2C9H17NO/c1-2-3-6-10-7-4-9(11)5-8-10;1-2-3-6-10-7-4-5-9(11)8-10/h2*2-8H2,1H3. The molecule has 2 saturated heterocycles. The van der Waals surface area contributed by atoms with Gasteiger partial charge in [-0.1, -0.05) is 26.7 Å². The van der Waals surface area contributed by atoms with E-state index in [9.17, 15) is 9.59 Å². The van der Waals surface area contributed by atoms with Crippen molar-refractivity contribution in [2.24, 2.45) is 0 Å². The van der Waals surface area contributed by atoms with Crippen LogP contribution >= 0.6 is 0 Å². The summed E-state index contributed by atoms with van der Waals surface area (Å²) in [5, 5.41) is 0. The number of piperidine rings is 2. The minimum Gasteiger partial charge on any atom is -0.302 e. The number of nitrogens with zero attached hydrogens (tertiary/aromatic N) is 2. The Morgan fingerprint density at radius 2 is 1.36 bits per heavy atom. The summed E-state index contributed by atoms with van der Waals surface area (Å²) < 4.78 is 0. The molecule has 2 heterocycles. The second-order valence-electron chi connectivity index (χ2n) is 6.51. The van der Waals surface area contributed by atoms with Gasteiger partial charge in [0.25, 0.3) is 0 Å². The molecule has 2 fully saturated rings. The Kier molecular flexibility index (Phi) is 10.3. The van der Waals surface area contributed by atoms with Crippen LogP contribution in [0.3, 0.4) is 0 Å². The number of carbonyl (C=O) groups is 2. The number of likely N-dealkylation sites (tertiary alicyclic amines) is 2. The van der Waals surface area contributed by atoms with Crippen molar-refractivity contribution in [1.82, 2.24) is 9.80 Å². The van der Waals surface area contributed by atoms with Crippen molar-refractivity contribution >= 4 is 11.6 Å². The van der Waals surface area contributed by atoms with Gasteiger partial charge in [-0.25, -0.2) is 0 Å². The average molecular weight is 310 g/mol. The monoisotopic (exact) mass is 310 g/mol. The molecule has 2 aliphatic rings. The topological polar surface area (TPSA) is 40.6 Å². The van der Waals surface area contributed by atoms with Gasteiger partial charge in [0, 0.05) is 32.4 Å². The zero-order chi connectivity index (χ0) is 16.2. The predicted molar refractivity (Wildman–Crippen MR) is 91.2 cm³/mol. The lowest BCUT2D eigenvalue weighted by molar-refractivity contribution is -0.122. The normalized spacial score (nSPS) is 20.6. The smallest absolute Gasteiger partial charge is 0.146 e. The van der Waals surface area contributed by atoms with Crippen LogP contribution in [0, 0.1) is 0 Å². The lowest BCUT2D eigenvalue weighted by Gasteiger charge is -2.25. The van der Waals surface area contributed by atoms with Crippen molar-refractivity contribution in [3.63, 3.8) is 0 Å². The number of Topliss-reactive ketones (excluding diaryl/α,β-unsaturated/α-hetero) is 2. The van der Waals surface area contributed by atoms with Crippen molar-refractivity contribution in [2.75, 3.05) is 39.3 Å². The van der Waals surface area contributed by atoms with Gasteiger partial charge in [0.2, 0.25) is 0 Å². The van der Waals surface area contributed by atoms with E-state index in [-0.39, 0.29) is 0 Å². The van der Waals surface area contributed by atoms with Crippen LogP contribution in [-0.4, -0.2) is 60.6 Å². The number of hydrogen-bond acceptors (Lipinski definition) is 4. The molecule has 0 unspecified atom stereocenters. The maximum atomic E-state index is 11.0. The summed E-state index contributed by atoms with van der Waals surface area (Å²) in [6.07, 6.45) is 8.43. The first-order valence-electron chi connectivity index (χ1n) is 9.13. The zero-order valence-electron chi connectivity index (χ0n) is 14.6. The van der Waals surface area contributed by atoms with Crippen molar-refractivity contribution in [1.29, 1.82) is 0 Å². The molecule has 0 spiro atoms. The third kappa shape index (κ3) is 8.64. The van der Waals surface area contributed by atoms with Crippen molar-refractivity contribution < 1.29 is 9.59 Å². The van der Waals surface area contributed by atoms with Crippen LogP contribution in [0.1, 0.15) is 65.2 Å². The van der Waals surface area contributed by atoms with Crippen LogP contribution in [0.5, 0.6) is 0 Å². The van der Waals surface area contributed by atoms with E-state index in [0.717, 1.165) is 51.9 Å². The summed E-state index contributed by atoms with van der Waals surface area (Å²) in [6.45, 7) is 10.5. The van der Waals surface area contributed by atoms with Gasteiger partial charge in [0.1, 0.15) is 11.6 Å². The Morgan fingerprint density at radius 3 is 1.91 bits per heavy atom. The van der Waals surface area contributed by atoms with E-state index in [4.69, 9.17) is 0 Å². The average Bonchev–Trinajstić information content (AvgIpc) is 2.53. The summed E-state index contributed by atoms with van der Waals surface area (Å²) >= 11 is 0. The Bertz CT molecular complexity index is 321. The first-order chi connectivity index (χ1) is 10.7. The van der Waals surface area contributed by atoms with Crippen LogP contribution in [0.15, 0.2) is 0 Å². The number of carbonyl (C=O) groups excluding carboxylic acids is 2. The maximum absolute atomic E-state index is 11.0. The molecule has 0 aromatic carbocycles. The lowest BCUT2D eigenvalue weighted by atomic mass is 10.1. The van der Waals surface area contributed by atoms with Gasteiger partial charge in [0.05, 0.1) is 6.54 Å². The second-order valence-corrected chi connectivity index (χ2v) is 6.51. The fourth-order valence-electron chi connectivity index (χ4n) is 2.89. The highest BCUT2D eigenvalue weighted by atomic mass is 16.1. The van der Waals surface area contributed by atoms with Gasteiger partial charge in [-0.15, -0.1) is 0 Å². The molecule has 2 rings (SSSR count). The molecule has 0 aromatic heterocycles. The molecule has 0 bridgehead atoms. The van der Waals surface area contributed by atoms with Crippen LogP contribution in [0.2, 0.25) is 0 Å². The van der Waals surface area contributed by atoms with Crippen LogP contribution in [0.4, 0.5) is 0 Å². The van der Waals surface area contributed by atoms with Crippen LogP contribution in [0.25, 0.3) is 0 Å². The fraction of sp³-hybridized carbons (Fsp3) is 0.889. The minimum atomic E-state index is 0.423. The molecule has 0 saturated carbocycles. The molecular formula is C18H34N2O2. The lowest BCUT2D eigenvalue weighted by Crippen LogP contribution is -2.36. The second kappa shape index (κ2) is 11.8. The minimum absolute atomic E-state index is 0.423. The SMILES string of the molecule is CCCCN1CCC(=O)CC1.CCCCN1CCCC(=O)C1. The van der Waals surface area contributed by atoms with Crippen molar-refractivity contribution in [2.45, 2.75) is 65.2 Å². The Balaban J connectivity index is 0.000000220. The Hall–Kier alpha value is -0.740. The van der Waals surface area contributed by atoms with Crippen molar-refractivity contribution in [3.8, 4) is 0 Å². The predicted octanol–water partition coefficient (Wildman–Crippen LogP) is 2.90. The molecule has 0 atom stereocenters. The Labute approximate surface area is 136 Å². The first-order valence-corrected chi connectivity index (χ1v) is 9.13. The number of ketones is 2. The molecule has 0 aliphatic carbocycles. The molecule has 0 amide bonds. The molecular weight excluding hydrogens is 276 g/mol. The van der Waals surface area contributed by atoms with Gasteiger partial charge in [-0.05, 0) is 38.9 Å². The van der Waals surface area contributed by atoms with E-state index in [2.05, 4.69) is 23.6 Å². The van der Waals surface area contributed by atoms with Gasteiger partial charge in [-0.3, -0.25) is 14.5 Å². The largest absolute Gasteiger partial charge is 0.302 e. The quantitative estimate of drug-likeness (QED) is 0.756. The van der Waals surface area contributed by atoms with E-state index < -0.39 is 0 Å². The number of hydrogen-bond donors (Lipinski definition) is 0. The highest BCUT2D eigenvalue weighted by Crippen LogP contribution is 2.07. The van der Waals surface area contributed by atoms with E-state index in [1.54, 1.807) is 0 Å². The molecule has 0 aromatic rings. The Morgan fingerprint density at radius 1 is 0.773 bits per heavy atom. The highest BCUT2D eigenvalue weighted by molar-refractivity contribution is 5.81. The summed E-state index contributed by atoms with van der Waals surface area (Å²) in [5.41, 5.74) is 0. The summed E-state index contributed by atoms with van der Waals surface area (Å²) in [7, 11) is 0. The van der Waals surface area contributed by atoms with E-state index in [1.165, 1.54) is 32.2 Å². The number of unbranched alkanes of at least 4 members (excludes halogenated alkanes) is 2. The first kappa shape index (κ1) is 19.3. The van der Waals surface area contributed by atoms with Gasteiger partial charge >= 0.3 is 0 Å². The summed E-state index contributed by atoms with van der Waals surface area (Å²) in [5.74, 6) is 0.866. The molecule has 4 nitrogen and oxygen atoms in total. The summed E-state index contributed by atoms with van der Waals surface area (Å²) in [4.78, 5) is 26.5. The molecule has 4 heteroatoms. The third-order valence-corrected chi connectivity index (χ3v) is 4.40. The van der Waals surface area contributed by atoms with E-state index in [1.807, 2.05) is 0 Å². The van der Waals surface area contributed by atoms with Crippen molar-refractivity contribution in [3.05, 3.63) is 0 Å². The highest BCUT2D eigenvalue weighted by Gasteiger charge is 2.15. The maximum Gasteiger partial charge on any atom is 0.146 e. The third-order valence-electron chi connectivity index (χ3n) is 4.40. The van der Waals surface area contributed by atoms with Gasteiger partial charge in [-0.2, -0.15) is 0 Å². The van der Waals surface area contributed by atoms with Gasteiger partial charge < -0.3 is 4.90 Å². The van der Waals surface area contributed by atoms with E-state index >= 15 is 0 Å². The zero-order valence-corrected chi connectivity index (χ0v) is 14.6. The molecule has 128 valence electrons. The van der Waals surface area contributed by atoms with Crippen LogP contribution in [-0.2, 0) is 9.59 Å². The number of rotatable bonds is 6. The van der Waals surface area contributed by atoms with Crippen LogP contribution < -0.4 is 0 Å². The fourth-order valence-corrected chi connectivity index (χ4v) is 2.89. The molecule has 0 radical (unpaired) electrons. The molecule has 22 heavy (non-hydrogen) atoms. The molecule has 0 N–H and O–H groups in total. The summed E-state index contributed by atoms with van der Waals surface area (Å²) in [6, 6.07) is 0. The van der Waals surface area contributed by atoms with Gasteiger partial charge in [0.15, 0.2) is 0 Å². The van der Waals surface area contributed by atoms with E-state index in [0.29, 0.717) is 18.1 Å².